The number of carbonyl (C=O) groups excluding carboxylic acids is 1. The lowest BCUT2D eigenvalue weighted by molar-refractivity contribution is -0.118. The molecule has 3 heteroatoms. The van der Waals surface area contributed by atoms with Gasteiger partial charge in [-0.2, -0.15) is 0 Å². The van der Waals surface area contributed by atoms with Crippen LogP contribution in [0.25, 0.3) is 10.9 Å². The van der Waals surface area contributed by atoms with Crippen LogP contribution in [0.4, 0.5) is 0 Å². The first kappa shape index (κ1) is 11.1. The SMILES string of the molecule is CCC(=O)Cc1ccnc2cc(Cl)ccc12. The van der Waals surface area contributed by atoms with Gasteiger partial charge in [0.2, 0.25) is 0 Å². The summed E-state index contributed by atoms with van der Waals surface area (Å²) in [6.07, 6.45) is 2.76. The second-order valence-electron chi connectivity index (χ2n) is 3.70. The maximum Gasteiger partial charge on any atom is 0.137 e. The highest BCUT2D eigenvalue weighted by molar-refractivity contribution is 6.31. The average Bonchev–Trinajstić information content (AvgIpc) is 2.28. The maximum atomic E-state index is 11.4. The Kier molecular flexibility index (Phi) is 3.20. The van der Waals surface area contributed by atoms with E-state index in [9.17, 15) is 4.79 Å². The van der Waals surface area contributed by atoms with Gasteiger partial charge in [0.1, 0.15) is 5.78 Å². The fourth-order valence-corrected chi connectivity index (χ4v) is 1.84. The molecule has 0 amide bonds. The van der Waals surface area contributed by atoms with Crippen molar-refractivity contribution in [2.45, 2.75) is 19.8 Å². The predicted octanol–water partition coefficient (Wildman–Crippen LogP) is 3.41. The van der Waals surface area contributed by atoms with E-state index in [1.165, 1.54) is 0 Å². The van der Waals surface area contributed by atoms with Crippen molar-refractivity contribution < 1.29 is 4.79 Å². The van der Waals surface area contributed by atoms with Crippen LogP contribution in [-0.2, 0) is 11.2 Å². The first-order chi connectivity index (χ1) is 7.70. The van der Waals surface area contributed by atoms with Crippen molar-refractivity contribution in [3.63, 3.8) is 0 Å². The van der Waals surface area contributed by atoms with Crippen LogP contribution in [0, 0.1) is 0 Å². The molecule has 0 aliphatic heterocycles. The first-order valence-electron chi connectivity index (χ1n) is 5.25. The van der Waals surface area contributed by atoms with Crippen molar-refractivity contribution in [1.29, 1.82) is 0 Å². The molecule has 1 heterocycles. The van der Waals surface area contributed by atoms with Crippen molar-refractivity contribution in [2.24, 2.45) is 0 Å². The summed E-state index contributed by atoms with van der Waals surface area (Å²) in [6.45, 7) is 1.88. The lowest BCUT2D eigenvalue weighted by atomic mass is 10.0. The molecule has 0 saturated heterocycles. The number of Topliss-reactive ketones (excluding diaryl/α,β-unsaturated/α-hetero) is 1. The van der Waals surface area contributed by atoms with Crippen molar-refractivity contribution >= 4 is 28.3 Å². The molecule has 16 heavy (non-hydrogen) atoms. The molecule has 0 spiro atoms. The molecule has 0 aliphatic rings. The zero-order chi connectivity index (χ0) is 11.5. The summed E-state index contributed by atoms with van der Waals surface area (Å²) in [5, 5.41) is 1.67. The third-order valence-corrected chi connectivity index (χ3v) is 2.81. The molecule has 2 aromatic rings. The van der Waals surface area contributed by atoms with Crippen molar-refractivity contribution in [1.82, 2.24) is 4.98 Å². The number of halogens is 1. The summed E-state index contributed by atoms with van der Waals surface area (Å²) in [5.74, 6) is 0.238. The summed E-state index contributed by atoms with van der Waals surface area (Å²) >= 11 is 5.90. The average molecular weight is 234 g/mol. The second kappa shape index (κ2) is 4.62. The van der Waals surface area contributed by atoms with E-state index < -0.39 is 0 Å². The zero-order valence-electron chi connectivity index (χ0n) is 9.03. The number of hydrogen-bond acceptors (Lipinski definition) is 2. The highest BCUT2D eigenvalue weighted by atomic mass is 35.5. The van der Waals surface area contributed by atoms with E-state index in [1.807, 2.05) is 31.2 Å². The van der Waals surface area contributed by atoms with Crippen LogP contribution in [0.5, 0.6) is 0 Å². The molecule has 0 N–H and O–H groups in total. The van der Waals surface area contributed by atoms with E-state index in [2.05, 4.69) is 4.98 Å². The Bertz CT molecular complexity index is 536. The van der Waals surface area contributed by atoms with Gasteiger partial charge < -0.3 is 0 Å². The van der Waals surface area contributed by atoms with Crippen LogP contribution in [0.2, 0.25) is 5.02 Å². The number of ketones is 1. The fourth-order valence-electron chi connectivity index (χ4n) is 1.67. The number of benzene rings is 1. The Hall–Kier alpha value is -1.41. The molecular formula is C13H12ClNO. The van der Waals surface area contributed by atoms with Gasteiger partial charge >= 0.3 is 0 Å². The molecule has 2 rings (SSSR count). The number of hydrogen-bond donors (Lipinski definition) is 0. The lowest BCUT2D eigenvalue weighted by Gasteiger charge is -2.04. The number of aromatic nitrogens is 1. The van der Waals surface area contributed by atoms with Gasteiger partial charge in [-0.25, -0.2) is 0 Å². The van der Waals surface area contributed by atoms with E-state index in [-0.39, 0.29) is 5.78 Å². The minimum atomic E-state index is 0.238. The van der Waals surface area contributed by atoms with E-state index in [4.69, 9.17) is 11.6 Å². The van der Waals surface area contributed by atoms with Crippen molar-refractivity contribution in [3.05, 3.63) is 41.0 Å². The van der Waals surface area contributed by atoms with Crippen LogP contribution in [-0.4, -0.2) is 10.8 Å². The first-order valence-corrected chi connectivity index (χ1v) is 5.63. The third kappa shape index (κ3) is 2.22. The lowest BCUT2D eigenvalue weighted by Crippen LogP contribution is -2.01. The standard InChI is InChI=1S/C13H12ClNO/c1-2-11(16)7-9-5-6-15-13-8-10(14)3-4-12(9)13/h3-6,8H,2,7H2,1H3. The number of fused-ring (bicyclic) bond motifs is 1. The normalized spacial score (nSPS) is 10.6. The Morgan fingerprint density at radius 2 is 2.19 bits per heavy atom. The van der Waals surface area contributed by atoms with E-state index >= 15 is 0 Å². The Labute approximate surface area is 99.3 Å². The van der Waals surface area contributed by atoms with Crippen LogP contribution in [0.15, 0.2) is 30.5 Å². The predicted molar refractivity (Wildman–Crippen MR) is 65.8 cm³/mol. The van der Waals surface area contributed by atoms with E-state index in [0.29, 0.717) is 17.9 Å². The smallest absolute Gasteiger partial charge is 0.137 e. The van der Waals surface area contributed by atoms with Gasteiger partial charge in [0, 0.05) is 29.4 Å². The number of nitrogens with zero attached hydrogens (tertiary/aromatic N) is 1. The number of rotatable bonds is 3. The second-order valence-corrected chi connectivity index (χ2v) is 4.14. The Morgan fingerprint density at radius 1 is 1.38 bits per heavy atom. The van der Waals surface area contributed by atoms with Gasteiger partial charge in [-0.05, 0) is 23.8 Å². The molecule has 1 aromatic heterocycles. The van der Waals surface area contributed by atoms with E-state index in [1.54, 1.807) is 6.20 Å². The molecule has 0 unspecified atom stereocenters. The molecule has 0 radical (unpaired) electrons. The summed E-state index contributed by atoms with van der Waals surface area (Å²) in [6, 6.07) is 7.45. The van der Waals surface area contributed by atoms with Gasteiger partial charge in [0.25, 0.3) is 0 Å². The maximum absolute atomic E-state index is 11.4. The van der Waals surface area contributed by atoms with Crippen LogP contribution >= 0.6 is 11.6 Å². The van der Waals surface area contributed by atoms with Crippen LogP contribution in [0.1, 0.15) is 18.9 Å². The highest BCUT2D eigenvalue weighted by Crippen LogP contribution is 2.21. The van der Waals surface area contributed by atoms with Crippen LogP contribution in [0.3, 0.4) is 0 Å². The van der Waals surface area contributed by atoms with Crippen molar-refractivity contribution in [2.75, 3.05) is 0 Å². The molecular weight excluding hydrogens is 222 g/mol. The third-order valence-electron chi connectivity index (χ3n) is 2.58. The number of carbonyl (C=O) groups is 1. The number of pyridine rings is 1. The minimum Gasteiger partial charge on any atom is -0.299 e. The monoisotopic (exact) mass is 233 g/mol. The van der Waals surface area contributed by atoms with Gasteiger partial charge in [0.15, 0.2) is 0 Å². The van der Waals surface area contributed by atoms with Crippen LogP contribution < -0.4 is 0 Å². The molecule has 0 atom stereocenters. The molecule has 0 saturated carbocycles. The molecule has 0 aliphatic carbocycles. The quantitative estimate of drug-likeness (QED) is 0.813. The minimum absolute atomic E-state index is 0.238. The fraction of sp³-hybridized carbons (Fsp3) is 0.231. The largest absolute Gasteiger partial charge is 0.299 e. The molecule has 0 fully saturated rings. The van der Waals surface area contributed by atoms with Crippen molar-refractivity contribution in [3.8, 4) is 0 Å². The molecule has 0 bridgehead atoms. The zero-order valence-corrected chi connectivity index (χ0v) is 9.79. The van der Waals surface area contributed by atoms with Gasteiger partial charge in [-0.1, -0.05) is 24.6 Å². The summed E-state index contributed by atoms with van der Waals surface area (Å²) < 4.78 is 0. The van der Waals surface area contributed by atoms with Gasteiger partial charge in [-0.3, -0.25) is 9.78 Å². The summed E-state index contributed by atoms with van der Waals surface area (Å²) in [5.41, 5.74) is 1.86. The summed E-state index contributed by atoms with van der Waals surface area (Å²) in [4.78, 5) is 15.7. The Balaban J connectivity index is 2.49. The molecule has 1 aromatic carbocycles. The topological polar surface area (TPSA) is 30.0 Å². The molecule has 82 valence electrons. The molecule has 2 nitrogen and oxygen atoms in total. The van der Waals surface area contributed by atoms with Gasteiger partial charge in [-0.15, -0.1) is 0 Å². The highest BCUT2D eigenvalue weighted by Gasteiger charge is 2.06. The van der Waals surface area contributed by atoms with Gasteiger partial charge in [0.05, 0.1) is 5.52 Å². The summed E-state index contributed by atoms with van der Waals surface area (Å²) in [7, 11) is 0. The Morgan fingerprint density at radius 3 is 2.94 bits per heavy atom. The van der Waals surface area contributed by atoms with E-state index in [0.717, 1.165) is 16.5 Å².